The minimum absolute atomic E-state index is 0.208. The Labute approximate surface area is 96.9 Å². The van der Waals surface area contributed by atoms with Crippen molar-refractivity contribution in [3.63, 3.8) is 0 Å². The van der Waals surface area contributed by atoms with Crippen molar-refractivity contribution >= 4 is 11.9 Å². The average molecular weight is 230 g/mol. The molecular weight excluding hydrogens is 208 g/mol. The van der Waals surface area contributed by atoms with E-state index in [9.17, 15) is 9.59 Å². The summed E-state index contributed by atoms with van der Waals surface area (Å²) in [4.78, 5) is 23.8. The first-order valence-electron chi connectivity index (χ1n) is 5.76. The van der Waals surface area contributed by atoms with Crippen molar-refractivity contribution in [1.82, 2.24) is 4.90 Å². The van der Waals surface area contributed by atoms with Crippen LogP contribution in [0.5, 0.6) is 0 Å². The van der Waals surface area contributed by atoms with Crippen LogP contribution in [-0.4, -0.2) is 43.0 Å². The SMILES string of the molecule is CCCCN(CCC(=O)OCC)CC(N)=O. The molecule has 0 saturated heterocycles. The molecule has 0 fully saturated rings. The van der Waals surface area contributed by atoms with Gasteiger partial charge in [0.1, 0.15) is 0 Å². The van der Waals surface area contributed by atoms with Crippen LogP contribution in [0.3, 0.4) is 0 Å². The lowest BCUT2D eigenvalue weighted by Crippen LogP contribution is -2.36. The summed E-state index contributed by atoms with van der Waals surface area (Å²) in [5.41, 5.74) is 5.13. The minimum atomic E-state index is -0.361. The van der Waals surface area contributed by atoms with Crippen molar-refractivity contribution in [2.45, 2.75) is 33.1 Å². The number of rotatable bonds is 9. The molecule has 0 atom stereocenters. The van der Waals surface area contributed by atoms with Crippen LogP contribution in [0.25, 0.3) is 0 Å². The third-order valence-electron chi connectivity index (χ3n) is 2.14. The Morgan fingerprint density at radius 1 is 1.25 bits per heavy atom. The highest BCUT2D eigenvalue weighted by Crippen LogP contribution is 1.98. The van der Waals surface area contributed by atoms with Gasteiger partial charge >= 0.3 is 5.97 Å². The Bertz CT molecular complexity index is 219. The maximum Gasteiger partial charge on any atom is 0.307 e. The second-order valence-electron chi connectivity index (χ2n) is 3.65. The van der Waals surface area contributed by atoms with Gasteiger partial charge in [0, 0.05) is 6.54 Å². The Morgan fingerprint density at radius 3 is 2.44 bits per heavy atom. The summed E-state index contributed by atoms with van der Waals surface area (Å²) < 4.78 is 4.82. The molecule has 0 aromatic heterocycles. The molecule has 94 valence electrons. The number of unbranched alkanes of at least 4 members (excludes halogenated alkanes) is 1. The quantitative estimate of drug-likeness (QED) is 0.586. The van der Waals surface area contributed by atoms with Crippen LogP contribution in [0, 0.1) is 0 Å². The molecule has 0 unspecified atom stereocenters. The lowest BCUT2D eigenvalue weighted by atomic mass is 10.3. The number of carbonyl (C=O) groups is 2. The Kier molecular flexibility index (Phi) is 8.52. The molecule has 0 radical (unpaired) electrons. The first kappa shape index (κ1) is 14.9. The summed E-state index contributed by atoms with van der Waals surface area (Å²) in [5, 5.41) is 0. The predicted molar refractivity (Wildman–Crippen MR) is 61.8 cm³/mol. The van der Waals surface area contributed by atoms with Crippen molar-refractivity contribution < 1.29 is 14.3 Å². The fourth-order valence-electron chi connectivity index (χ4n) is 1.35. The highest BCUT2D eigenvalue weighted by Gasteiger charge is 2.10. The van der Waals surface area contributed by atoms with E-state index in [0.717, 1.165) is 19.4 Å². The van der Waals surface area contributed by atoms with Gasteiger partial charge in [0.15, 0.2) is 0 Å². The van der Waals surface area contributed by atoms with Crippen molar-refractivity contribution in [2.75, 3.05) is 26.2 Å². The van der Waals surface area contributed by atoms with Gasteiger partial charge in [-0.2, -0.15) is 0 Å². The van der Waals surface area contributed by atoms with Crippen molar-refractivity contribution in [3.05, 3.63) is 0 Å². The van der Waals surface area contributed by atoms with Crippen LogP contribution in [0.2, 0.25) is 0 Å². The maximum absolute atomic E-state index is 11.1. The second-order valence-corrected chi connectivity index (χ2v) is 3.65. The van der Waals surface area contributed by atoms with Crippen molar-refractivity contribution in [2.24, 2.45) is 5.73 Å². The van der Waals surface area contributed by atoms with Gasteiger partial charge in [-0.3, -0.25) is 14.5 Å². The average Bonchev–Trinajstić information content (AvgIpc) is 2.22. The summed E-state index contributed by atoms with van der Waals surface area (Å²) in [7, 11) is 0. The molecule has 2 N–H and O–H groups in total. The number of nitrogens with zero attached hydrogens (tertiary/aromatic N) is 1. The van der Waals surface area contributed by atoms with Gasteiger partial charge in [-0.1, -0.05) is 13.3 Å². The number of hydrogen-bond donors (Lipinski definition) is 1. The van der Waals surface area contributed by atoms with Gasteiger partial charge in [-0.25, -0.2) is 0 Å². The number of amides is 1. The Morgan fingerprint density at radius 2 is 1.94 bits per heavy atom. The van der Waals surface area contributed by atoms with E-state index in [4.69, 9.17) is 10.5 Å². The van der Waals surface area contributed by atoms with E-state index < -0.39 is 0 Å². The first-order valence-corrected chi connectivity index (χ1v) is 5.76. The van der Waals surface area contributed by atoms with E-state index in [1.54, 1.807) is 6.92 Å². The number of hydrogen-bond acceptors (Lipinski definition) is 4. The van der Waals surface area contributed by atoms with E-state index in [1.807, 2.05) is 4.90 Å². The zero-order chi connectivity index (χ0) is 12.4. The zero-order valence-corrected chi connectivity index (χ0v) is 10.2. The molecule has 0 saturated carbocycles. The third kappa shape index (κ3) is 8.23. The second kappa shape index (κ2) is 9.15. The Hall–Kier alpha value is -1.10. The fraction of sp³-hybridized carbons (Fsp3) is 0.818. The molecule has 0 aromatic rings. The van der Waals surface area contributed by atoms with Gasteiger partial charge < -0.3 is 10.5 Å². The number of nitrogens with two attached hydrogens (primary N) is 1. The Balaban J connectivity index is 3.89. The van der Waals surface area contributed by atoms with E-state index in [-0.39, 0.29) is 18.4 Å². The summed E-state index contributed by atoms with van der Waals surface area (Å²) in [6.07, 6.45) is 2.36. The third-order valence-corrected chi connectivity index (χ3v) is 2.14. The highest BCUT2D eigenvalue weighted by molar-refractivity contribution is 5.76. The highest BCUT2D eigenvalue weighted by atomic mass is 16.5. The van der Waals surface area contributed by atoms with E-state index >= 15 is 0 Å². The molecule has 0 aliphatic rings. The van der Waals surface area contributed by atoms with Gasteiger partial charge in [0.05, 0.1) is 19.6 Å². The smallest absolute Gasteiger partial charge is 0.307 e. The van der Waals surface area contributed by atoms with Crippen LogP contribution in [0.1, 0.15) is 33.1 Å². The van der Waals surface area contributed by atoms with Crippen LogP contribution >= 0.6 is 0 Å². The van der Waals surface area contributed by atoms with Crippen molar-refractivity contribution in [3.8, 4) is 0 Å². The van der Waals surface area contributed by atoms with Gasteiger partial charge in [-0.15, -0.1) is 0 Å². The van der Waals surface area contributed by atoms with Crippen LogP contribution in [0.15, 0.2) is 0 Å². The lowest BCUT2D eigenvalue weighted by molar-refractivity contribution is -0.143. The van der Waals surface area contributed by atoms with E-state index in [1.165, 1.54) is 0 Å². The van der Waals surface area contributed by atoms with E-state index in [0.29, 0.717) is 19.6 Å². The fourth-order valence-corrected chi connectivity index (χ4v) is 1.35. The van der Waals surface area contributed by atoms with Gasteiger partial charge in [0.25, 0.3) is 0 Å². The van der Waals surface area contributed by atoms with Crippen molar-refractivity contribution in [1.29, 1.82) is 0 Å². The molecule has 0 aromatic carbocycles. The van der Waals surface area contributed by atoms with Gasteiger partial charge in [0.2, 0.25) is 5.91 Å². The monoisotopic (exact) mass is 230 g/mol. The van der Waals surface area contributed by atoms with Crippen LogP contribution < -0.4 is 5.73 Å². The predicted octanol–water partition coefficient (Wildman–Crippen LogP) is 0.527. The largest absolute Gasteiger partial charge is 0.466 e. The molecule has 0 spiro atoms. The standard InChI is InChI=1S/C11H22N2O3/c1-3-5-7-13(9-10(12)14)8-6-11(15)16-4-2/h3-9H2,1-2H3,(H2,12,14). The molecule has 1 amide bonds. The molecule has 0 aliphatic heterocycles. The number of ether oxygens (including phenoxy) is 1. The number of primary amides is 1. The van der Waals surface area contributed by atoms with Crippen LogP contribution in [-0.2, 0) is 14.3 Å². The molecule has 0 aliphatic carbocycles. The lowest BCUT2D eigenvalue weighted by Gasteiger charge is -2.19. The van der Waals surface area contributed by atoms with Crippen LogP contribution in [0.4, 0.5) is 0 Å². The first-order chi connectivity index (χ1) is 7.60. The zero-order valence-electron chi connectivity index (χ0n) is 10.2. The summed E-state index contributed by atoms with van der Waals surface area (Å²) >= 11 is 0. The topological polar surface area (TPSA) is 72.6 Å². The summed E-state index contributed by atoms with van der Waals surface area (Å²) in [6, 6.07) is 0. The molecule has 5 heteroatoms. The summed E-state index contributed by atoms with van der Waals surface area (Å²) in [5.74, 6) is -0.589. The molecular formula is C11H22N2O3. The number of carbonyl (C=O) groups excluding carboxylic acids is 2. The number of esters is 1. The minimum Gasteiger partial charge on any atom is -0.466 e. The summed E-state index contributed by atoms with van der Waals surface area (Å²) in [6.45, 7) is 5.77. The molecule has 0 rings (SSSR count). The molecule has 5 nitrogen and oxygen atoms in total. The molecule has 16 heavy (non-hydrogen) atoms. The van der Waals surface area contributed by atoms with E-state index in [2.05, 4.69) is 6.92 Å². The normalized spacial score (nSPS) is 10.4. The van der Waals surface area contributed by atoms with Gasteiger partial charge in [-0.05, 0) is 19.9 Å². The maximum atomic E-state index is 11.1. The molecule has 0 heterocycles. The molecule has 0 bridgehead atoms.